The molecule has 0 radical (unpaired) electrons. The molecule has 3 heteroatoms. The average Bonchev–Trinajstić information content (AvgIpc) is 2.23. The second-order valence-electron chi connectivity index (χ2n) is 3.37. The number of nitrogens with zero attached hydrogens (tertiary/aromatic N) is 1. The van der Waals surface area contributed by atoms with Crippen LogP contribution >= 0.6 is 11.8 Å². The molecule has 0 aliphatic carbocycles. The lowest BCUT2D eigenvalue weighted by Crippen LogP contribution is -1.87. The fourth-order valence-corrected chi connectivity index (χ4v) is 2.27. The van der Waals surface area contributed by atoms with E-state index in [9.17, 15) is 4.39 Å². The Morgan fingerprint density at radius 3 is 2.87 bits per heavy atom. The van der Waals surface area contributed by atoms with E-state index in [1.165, 1.54) is 25.0 Å². The molecular weight excluding hydrogens is 209 g/mol. The van der Waals surface area contributed by atoms with Crippen molar-refractivity contribution in [2.75, 3.05) is 5.75 Å². The fourth-order valence-electron chi connectivity index (χ4n) is 1.23. The number of thioether (sulfide) groups is 1. The van der Waals surface area contributed by atoms with Gasteiger partial charge >= 0.3 is 0 Å². The van der Waals surface area contributed by atoms with Crippen molar-refractivity contribution < 1.29 is 4.39 Å². The van der Waals surface area contributed by atoms with Gasteiger partial charge in [-0.3, -0.25) is 0 Å². The van der Waals surface area contributed by atoms with Crippen LogP contribution in [-0.4, -0.2) is 5.75 Å². The first-order valence-electron chi connectivity index (χ1n) is 5.03. The second kappa shape index (κ2) is 6.47. The molecule has 0 N–H and O–H groups in total. The second-order valence-corrected chi connectivity index (χ2v) is 4.47. The molecule has 1 aromatic carbocycles. The molecule has 0 unspecified atom stereocenters. The van der Waals surface area contributed by atoms with Gasteiger partial charge in [-0.1, -0.05) is 13.3 Å². The number of nitriles is 1. The summed E-state index contributed by atoms with van der Waals surface area (Å²) in [5, 5.41) is 8.67. The molecule has 0 aliphatic rings. The predicted molar refractivity (Wildman–Crippen MR) is 62.2 cm³/mol. The Bertz CT molecular complexity index is 357. The molecule has 1 aromatic rings. The summed E-state index contributed by atoms with van der Waals surface area (Å²) in [7, 11) is 0. The molecule has 1 rings (SSSR count). The molecule has 0 atom stereocenters. The van der Waals surface area contributed by atoms with Crippen molar-refractivity contribution in [1.82, 2.24) is 0 Å². The molecule has 0 bridgehead atoms. The first kappa shape index (κ1) is 12.1. The van der Waals surface area contributed by atoms with Crippen molar-refractivity contribution in [3.8, 4) is 6.07 Å². The van der Waals surface area contributed by atoms with E-state index in [4.69, 9.17) is 5.26 Å². The summed E-state index contributed by atoms with van der Waals surface area (Å²) in [6, 6.07) is 6.48. The van der Waals surface area contributed by atoms with Crippen LogP contribution in [0.1, 0.15) is 30.9 Å². The van der Waals surface area contributed by atoms with E-state index in [1.807, 2.05) is 6.07 Å². The quantitative estimate of drug-likeness (QED) is 0.710. The molecule has 0 fully saturated rings. The Labute approximate surface area is 94.3 Å². The van der Waals surface area contributed by atoms with Crippen LogP contribution < -0.4 is 0 Å². The Morgan fingerprint density at radius 2 is 2.20 bits per heavy atom. The zero-order valence-corrected chi connectivity index (χ0v) is 9.61. The first-order valence-corrected chi connectivity index (χ1v) is 6.19. The Morgan fingerprint density at radius 1 is 1.40 bits per heavy atom. The van der Waals surface area contributed by atoms with E-state index in [0.29, 0.717) is 5.56 Å². The number of hydrogen-bond donors (Lipinski definition) is 0. The van der Waals surface area contributed by atoms with E-state index < -0.39 is 0 Å². The minimum Gasteiger partial charge on any atom is -0.207 e. The maximum Gasteiger partial charge on any atom is 0.124 e. The average molecular weight is 223 g/mol. The summed E-state index contributed by atoms with van der Waals surface area (Å²) in [6.07, 6.45) is 2.37. The zero-order valence-electron chi connectivity index (χ0n) is 8.79. The summed E-state index contributed by atoms with van der Waals surface area (Å²) < 4.78 is 13.0. The van der Waals surface area contributed by atoms with E-state index in [1.54, 1.807) is 17.8 Å². The van der Waals surface area contributed by atoms with Crippen molar-refractivity contribution in [3.63, 3.8) is 0 Å². The van der Waals surface area contributed by atoms with Crippen LogP contribution in [0, 0.1) is 17.1 Å². The first-order chi connectivity index (χ1) is 7.26. The Hall–Kier alpha value is -1.01. The summed E-state index contributed by atoms with van der Waals surface area (Å²) >= 11 is 1.78. The highest BCUT2D eigenvalue weighted by Crippen LogP contribution is 2.16. The minimum atomic E-state index is -0.319. The van der Waals surface area contributed by atoms with Crippen molar-refractivity contribution in [2.45, 2.75) is 25.5 Å². The molecule has 0 saturated carbocycles. The number of unbranched alkanes of at least 4 members (excludes halogenated alkanes) is 1. The number of rotatable bonds is 5. The molecule has 80 valence electrons. The highest BCUT2D eigenvalue weighted by molar-refractivity contribution is 7.98. The van der Waals surface area contributed by atoms with Crippen molar-refractivity contribution in [2.24, 2.45) is 0 Å². The van der Waals surface area contributed by atoms with Gasteiger partial charge in [-0.25, -0.2) is 4.39 Å². The van der Waals surface area contributed by atoms with Gasteiger partial charge in [-0.2, -0.15) is 17.0 Å². The Balaban J connectivity index is 2.54. The van der Waals surface area contributed by atoms with Gasteiger partial charge in [0.1, 0.15) is 5.82 Å². The van der Waals surface area contributed by atoms with Gasteiger partial charge in [0.2, 0.25) is 0 Å². The van der Waals surface area contributed by atoms with Crippen LogP contribution in [0.2, 0.25) is 0 Å². The van der Waals surface area contributed by atoms with Gasteiger partial charge in [0.15, 0.2) is 0 Å². The fraction of sp³-hybridized carbons (Fsp3) is 0.417. The normalized spacial score (nSPS) is 9.93. The lowest BCUT2D eigenvalue weighted by atomic mass is 10.1. The molecule has 0 aliphatic heterocycles. The van der Waals surface area contributed by atoms with Crippen LogP contribution in [-0.2, 0) is 5.75 Å². The van der Waals surface area contributed by atoms with E-state index in [2.05, 4.69) is 6.92 Å². The van der Waals surface area contributed by atoms with Gasteiger partial charge < -0.3 is 0 Å². The Kier molecular flexibility index (Phi) is 5.20. The lowest BCUT2D eigenvalue weighted by Gasteiger charge is -2.02. The molecule has 15 heavy (non-hydrogen) atoms. The molecule has 1 nitrogen and oxygen atoms in total. The van der Waals surface area contributed by atoms with Crippen LogP contribution in [0.25, 0.3) is 0 Å². The monoisotopic (exact) mass is 223 g/mol. The van der Waals surface area contributed by atoms with Gasteiger partial charge in [0.05, 0.1) is 11.6 Å². The van der Waals surface area contributed by atoms with E-state index >= 15 is 0 Å². The molecular formula is C12H14FNS. The smallest absolute Gasteiger partial charge is 0.124 e. The van der Waals surface area contributed by atoms with Crippen LogP contribution in [0.3, 0.4) is 0 Å². The third-order valence-corrected chi connectivity index (χ3v) is 3.11. The highest BCUT2D eigenvalue weighted by atomic mass is 32.2. The summed E-state index contributed by atoms with van der Waals surface area (Å²) in [5.41, 5.74) is 1.30. The third-order valence-electron chi connectivity index (χ3n) is 2.00. The standard InChI is InChI=1S/C12H14FNS/c1-2-3-4-15-9-11-5-10(8-14)6-12(13)7-11/h5-7H,2-4,9H2,1H3. The maximum atomic E-state index is 13.0. The van der Waals surface area contributed by atoms with Crippen LogP contribution in [0.15, 0.2) is 18.2 Å². The minimum absolute atomic E-state index is 0.319. The van der Waals surface area contributed by atoms with Crippen LogP contribution in [0.4, 0.5) is 4.39 Å². The number of halogens is 1. The molecule has 0 heterocycles. The van der Waals surface area contributed by atoms with Crippen molar-refractivity contribution >= 4 is 11.8 Å². The summed E-state index contributed by atoms with van der Waals surface area (Å²) in [5.74, 6) is 1.56. The number of hydrogen-bond acceptors (Lipinski definition) is 2. The third kappa shape index (κ3) is 4.35. The lowest BCUT2D eigenvalue weighted by molar-refractivity contribution is 0.626. The van der Waals surface area contributed by atoms with Gasteiger partial charge in [-0.15, -0.1) is 0 Å². The van der Waals surface area contributed by atoms with Crippen LogP contribution in [0.5, 0.6) is 0 Å². The number of benzene rings is 1. The molecule has 0 amide bonds. The summed E-state index contributed by atoms with van der Waals surface area (Å²) in [4.78, 5) is 0. The van der Waals surface area contributed by atoms with Crippen molar-refractivity contribution in [3.05, 3.63) is 35.1 Å². The topological polar surface area (TPSA) is 23.8 Å². The molecule has 0 spiro atoms. The molecule has 0 aromatic heterocycles. The SMILES string of the molecule is CCCCSCc1cc(F)cc(C#N)c1. The highest BCUT2D eigenvalue weighted by Gasteiger charge is 2.00. The maximum absolute atomic E-state index is 13.0. The van der Waals surface area contributed by atoms with Gasteiger partial charge in [0, 0.05) is 5.75 Å². The van der Waals surface area contributed by atoms with Gasteiger partial charge in [0.25, 0.3) is 0 Å². The van der Waals surface area contributed by atoms with Gasteiger partial charge in [-0.05, 0) is 35.9 Å². The van der Waals surface area contributed by atoms with E-state index in [0.717, 1.165) is 17.1 Å². The van der Waals surface area contributed by atoms with Crippen molar-refractivity contribution in [1.29, 1.82) is 5.26 Å². The largest absolute Gasteiger partial charge is 0.207 e. The molecule has 0 saturated heterocycles. The van der Waals surface area contributed by atoms with E-state index in [-0.39, 0.29) is 5.82 Å². The predicted octanol–water partition coefficient (Wildman–Crippen LogP) is 3.73. The zero-order chi connectivity index (χ0) is 11.1. The summed E-state index contributed by atoms with van der Waals surface area (Å²) in [6.45, 7) is 2.15.